The summed E-state index contributed by atoms with van der Waals surface area (Å²) in [5.41, 5.74) is 2.20. The average molecular weight is 271 g/mol. The van der Waals surface area contributed by atoms with Gasteiger partial charge in [-0.05, 0) is 6.54 Å². The zero-order chi connectivity index (χ0) is 8.85. The maximum Gasteiger partial charge on any atom is 0.214 e. The molecular weight excluding hydrogens is 257 g/mol. The largest absolute Gasteiger partial charge is 0.399 e. The van der Waals surface area contributed by atoms with Gasteiger partial charge in [-0.15, -0.1) is 6.54 Å². The van der Waals surface area contributed by atoms with Crippen molar-refractivity contribution in [3.63, 3.8) is 0 Å². The quantitative estimate of drug-likeness (QED) is 0.721. The summed E-state index contributed by atoms with van der Waals surface area (Å²) >= 11 is 0. The molecule has 2 N–H and O–H groups in total. The second-order valence-electron chi connectivity index (χ2n) is 2.07. The van der Waals surface area contributed by atoms with Crippen LogP contribution in [0.2, 0.25) is 1.41 Å². The maximum atomic E-state index is 10.8. The average Bonchev–Trinajstić information content (AvgIpc) is 1.88. The Hall–Kier alpha value is 1.79. The summed E-state index contributed by atoms with van der Waals surface area (Å²) < 4.78 is 6.69. The van der Waals surface area contributed by atoms with Crippen LogP contribution in [0.4, 0.5) is 0 Å². The van der Waals surface area contributed by atoms with Crippen LogP contribution in [-0.2, 0) is 37.5 Å². The van der Waals surface area contributed by atoms with Crippen molar-refractivity contribution in [2.24, 2.45) is 5.73 Å². The Morgan fingerprint density at radius 2 is 2.33 bits per heavy atom. The number of nitrogens with two attached hydrogens (primary N) is 1. The molecule has 0 aliphatic heterocycles. The molecule has 12 heavy (non-hydrogen) atoms. The van der Waals surface area contributed by atoms with Crippen LogP contribution in [0.1, 0.15) is 6.92 Å². The number of hydrogen-bond acceptors (Lipinski definition) is 2. The fourth-order valence-electron chi connectivity index (χ4n) is 0.707. The molecule has 1 unspecified atom stereocenters. The van der Waals surface area contributed by atoms with Crippen LogP contribution in [-0.4, -0.2) is 29.9 Å². The molecule has 0 spiro atoms. The van der Waals surface area contributed by atoms with Crippen molar-refractivity contribution < 1.29 is 76.7 Å². The van der Waals surface area contributed by atoms with Crippen LogP contribution in [0.5, 0.6) is 0 Å². The molecule has 0 aliphatic rings. The zero-order valence-electron chi connectivity index (χ0n) is 8.19. The van der Waals surface area contributed by atoms with E-state index in [-0.39, 0.29) is 82.4 Å². The van der Waals surface area contributed by atoms with Crippen LogP contribution in [0.15, 0.2) is 0 Å². The molecule has 0 aromatic carbocycles. The van der Waals surface area contributed by atoms with Crippen LogP contribution in [0.25, 0.3) is 0 Å². The summed E-state index contributed by atoms with van der Waals surface area (Å²) in [7, 11) is 0. The second-order valence-corrected chi connectivity index (χ2v) is 2.07. The van der Waals surface area contributed by atoms with Gasteiger partial charge in [-0.3, -0.25) is 4.79 Å². The third kappa shape index (κ3) is 7.22. The molecule has 0 saturated carbocycles. The number of carbonyl (C=O) groups excluding carboxylic acids is 1. The van der Waals surface area contributed by atoms with E-state index in [1.165, 1.54) is 11.8 Å². The Morgan fingerprint density at radius 3 is 2.58 bits per heavy atom. The fraction of sp³-hybridized carbons (Fsp3) is 0.571. The summed E-state index contributed by atoms with van der Waals surface area (Å²) in [5.74, 6) is -0.0600. The number of nitrogens with zero attached hydrogens (tertiary/aromatic N) is 1. The van der Waals surface area contributed by atoms with E-state index in [0.29, 0.717) is 13.1 Å². The Balaban J connectivity index is -0.000000500. The summed E-state index contributed by atoms with van der Waals surface area (Å²) in [6.45, 7) is 9.52. The summed E-state index contributed by atoms with van der Waals surface area (Å²) in [6.07, 6.45) is 0. The Morgan fingerprint density at radius 1 is 1.83 bits per heavy atom. The SMILES string of the molecule is [1H]NCC([CH2-])N(C[CH2-])C(C)=O.[Ar].[Y]. The normalized spacial score (nSPS) is 11.8. The van der Waals surface area contributed by atoms with E-state index >= 15 is 0 Å². The van der Waals surface area contributed by atoms with E-state index in [1.54, 1.807) is 0 Å². The van der Waals surface area contributed by atoms with Gasteiger partial charge in [0.25, 0.3) is 0 Å². The molecule has 1 atom stereocenters. The fourth-order valence-corrected chi connectivity index (χ4v) is 0.707. The molecule has 0 aromatic heterocycles. The van der Waals surface area contributed by atoms with Crippen LogP contribution < -0.4 is 5.73 Å². The van der Waals surface area contributed by atoms with E-state index in [2.05, 4.69) is 19.6 Å². The van der Waals surface area contributed by atoms with Crippen molar-refractivity contribution >= 4 is 5.91 Å². The molecule has 0 fully saturated rings. The first-order valence-corrected chi connectivity index (χ1v) is 3.17. The molecule has 0 saturated heterocycles. The van der Waals surface area contributed by atoms with Gasteiger partial charge in [-0.1, -0.05) is 6.04 Å². The standard InChI is InChI=1S/C7H14N2O.Ar.Y/c1-4-9(7(3)10)6(2)5-8;;/h6H,1-2,4-5,8H2,3H3;;/q-2;;/i/hH. The predicted octanol–water partition coefficient (Wildman–Crippen LogP) is -0.172. The van der Waals surface area contributed by atoms with Gasteiger partial charge in [-0.2, -0.15) is 0 Å². The summed E-state index contributed by atoms with van der Waals surface area (Å²) in [5, 5.41) is 0. The minimum Gasteiger partial charge on any atom is -0.399 e. The van der Waals surface area contributed by atoms with Crippen LogP contribution in [0.3, 0.4) is 0 Å². The number of amides is 1. The second kappa shape index (κ2) is 10.9. The van der Waals surface area contributed by atoms with Crippen LogP contribution >= 0.6 is 0 Å². The third-order valence-electron chi connectivity index (χ3n) is 1.32. The monoisotopic (exact) mass is 271 g/mol. The molecule has 0 aromatic rings. The van der Waals surface area contributed by atoms with Crippen molar-refractivity contribution in [1.82, 2.24) is 4.90 Å². The van der Waals surface area contributed by atoms with Crippen molar-refractivity contribution in [3.05, 3.63) is 13.8 Å². The summed E-state index contributed by atoms with van der Waals surface area (Å²) in [6, 6.07) is -0.206. The van der Waals surface area contributed by atoms with Crippen molar-refractivity contribution in [3.8, 4) is 0 Å². The maximum absolute atomic E-state index is 10.8. The molecule has 0 heterocycles. The van der Waals surface area contributed by atoms with Gasteiger partial charge in [0, 0.05) is 77.4 Å². The van der Waals surface area contributed by atoms with Gasteiger partial charge in [0.1, 0.15) is 1.41 Å². The van der Waals surface area contributed by atoms with Crippen molar-refractivity contribution in [2.45, 2.75) is 13.0 Å². The van der Waals surface area contributed by atoms with E-state index in [9.17, 15) is 4.79 Å². The van der Waals surface area contributed by atoms with Gasteiger partial charge in [0.15, 0.2) is 0 Å². The van der Waals surface area contributed by atoms with Gasteiger partial charge >= 0.3 is 0 Å². The zero-order valence-corrected chi connectivity index (χ0v) is 10.7. The van der Waals surface area contributed by atoms with Crippen LogP contribution in [0, 0.1) is 51.6 Å². The number of rotatable bonds is 4. The molecular formula is C7H14ArN2OY-2. The minimum atomic E-state index is -0.206. The van der Waals surface area contributed by atoms with Gasteiger partial charge < -0.3 is 24.5 Å². The smallest absolute Gasteiger partial charge is 0.214 e. The molecule has 0 rings (SSSR count). The third-order valence-corrected chi connectivity index (χ3v) is 1.32. The Labute approximate surface area is 131 Å². The molecule has 3 nitrogen and oxygen atoms in total. The first kappa shape index (κ1) is 16.2. The van der Waals surface area contributed by atoms with E-state index in [0.717, 1.165) is 0 Å². The number of hydrogen-bond donors (Lipinski definition) is 1. The van der Waals surface area contributed by atoms with E-state index in [1.807, 2.05) is 0 Å². The molecule has 0 bridgehead atoms. The first-order valence-electron chi connectivity index (χ1n) is 3.67. The Bertz CT molecular complexity index is 140. The van der Waals surface area contributed by atoms with Gasteiger partial charge in [0.2, 0.25) is 5.91 Å². The van der Waals surface area contributed by atoms with Crippen molar-refractivity contribution in [1.29, 1.82) is 0 Å². The molecule has 0 aliphatic carbocycles. The van der Waals surface area contributed by atoms with Gasteiger partial charge in [-0.25, -0.2) is 0 Å². The molecule has 1 radical (unpaired) electrons. The van der Waals surface area contributed by atoms with E-state index < -0.39 is 0 Å². The Kier molecular flexibility index (Phi) is 14.7. The molecule has 1 amide bonds. The topological polar surface area (TPSA) is 46.3 Å². The molecule has 71 valence electrons. The van der Waals surface area contributed by atoms with Crippen molar-refractivity contribution in [2.75, 3.05) is 13.1 Å². The van der Waals surface area contributed by atoms with E-state index in [4.69, 9.17) is 1.41 Å². The predicted molar refractivity (Wildman–Crippen MR) is 40.9 cm³/mol. The summed E-state index contributed by atoms with van der Waals surface area (Å²) in [4.78, 5) is 12.3. The molecule has 5 heteroatoms. The number of carbonyl (C=O) groups is 1. The minimum absolute atomic E-state index is 0. The first-order chi connectivity index (χ1) is 5.13. The van der Waals surface area contributed by atoms with Gasteiger partial charge in [0.05, 0.1) is 0 Å².